The van der Waals surface area contributed by atoms with E-state index in [1.807, 2.05) is 37.3 Å². The molecule has 1 atom stereocenters. The molecule has 2 rings (SSSR count). The molecule has 0 fully saturated rings. The lowest BCUT2D eigenvalue weighted by atomic mass is 10.1. The second-order valence-corrected chi connectivity index (χ2v) is 4.10. The van der Waals surface area contributed by atoms with Gasteiger partial charge in [-0.3, -0.25) is 0 Å². The van der Waals surface area contributed by atoms with Crippen molar-refractivity contribution in [1.29, 1.82) is 5.26 Å². The predicted molar refractivity (Wildman–Crippen MR) is 70.3 cm³/mol. The van der Waals surface area contributed by atoms with Gasteiger partial charge >= 0.3 is 0 Å². The SMILES string of the molecule is CC(N)c1cccc(Oc2cccc(C#N)c2)c1. The summed E-state index contributed by atoms with van der Waals surface area (Å²) in [5, 5.41) is 8.82. The molecule has 2 aromatic carbocycles. The molecule has 0 bridgehead atoms. The zero-order valence-electron chi connectivity index (χ0n) is 10.1. The summed E-state index contributed by atoms with van der Waals surface area (Å²) in [6.45, 7) is 1.93. The van der Waals surface area contributed by atoms with Crippen LogP contribution in [0.25, 0.3) is 0 Å². The molecular formula is C15H14N2O. The summed E-state index contributed by atoms with van der Waals surface area (Å²) in [6, 6.07) is 16.8. The highest BCUT2D eigenvalue weighted by atomic mass is 16.5. The van der Waals surface area contributed by atoms with Crippen molar-refractivity contribution in [2.45, 2.75) is 13.0 Å². The highest BCUT2D eigenvalue weighted by Crippen LogP contribution is 2.24. The van der Waals surface area contributed by atoms with Gasteiger partial charge in [0.25, 0.3) is 0 Å². The molecule has 2 N–H and O–H groups in total. The van der Waals surface area contributed by atoms with E-state index in [0.29, 0.717) is 11.3 Å². The first-order chi connectivity index (χ1) is 8.69. The first-order valence-corrected chi connectivity index (χ1v) is 5.72. The van der Waals surface area contributed by atoms with Gasteiger partial charge in [-0.05, 0) is 42.8 Å². The zero-order chi connectivity index (χ0) is 13.0. The summed E-state index contributed by atoms with van der Waals surface area (Å²) in [7, 11) is 0. The number of hydrogen-bond donors (Lipinski definition) is 1. The van der Waals surface area contributed by atoms with Gasteiger partial charge in [0.05, 0.1) is 11.6 Å². The maximum Gasteiger partial charge on any atom is 0.128 e. The van der Waals surface area contributed by atoms with Crippen LogP contribution in [0.15, 0.2) is 48.5 Å². The molecule has 2 aromatic rings. The third-order valence-electron chi connectivity index (χ3n) is 2.58. The molecule has 0 radical (unpaired) electrons. The lowest BCUT2D eigenvalue weighted by Gasteiger charge is -2.09. The lowest BCUT2D eigenvalue weighted by molar-refractivity contribution is 0.481. The average Bonchev–Trinajstić information content (AvgIpc) is 2.39. The van der Waals surface area contributed by atoms with Crippen molar-refractivity contribution < 1.29 is 4.74 Å². The van der Waals surface area contributed by atoms with Gasteiger partial charge in [0.1, 0.15) is 11.5 Å². The number of nitrogens with two attached hydrogens (primary N) is 1. The van der Waals surface area contributed by atoms with Crippen LogP contribution in [-0.2, 0) is 0 Å². The molecule has 90 valence electrons. The van der Waals surface area contributed by atoms with E-state index in [0.717, 1.165) is 11.3 Å². The van der Waals surface area contributed by atoms with E-state index in [9.17, 15) is 0 Å². The van der Waals surface area contributed by atoms with Crippen LogP contribution in [0, 0.1) is 11.3 Å². The highest BCUT2D eigenvalue weighted by Gasteiger charge is 2.03. The van der Waals surface area contributed by atoms with Gasteiger partial charge < -0.3 is 10.5 Å². The van der Waals surface area contributed by atoms with Crippen LogP contribution in [0.4, 0.5) is 0 Å². The second kappa shape index (κ2) is 5.35. The Morgan fingerprint density at radius 1 is 1.11 bits per heavy atom. The largest absolute Gasteiger partial charge is 0.457 e. The molecule has 3 nitrogen and oxygen atoms in total. The minimum Gasteiger partial charge on any atom is -0.457 e. The Hall–Kier alpha value is -2.31. The standard InChI is InChI=1S/C15H14N2O/c1-11(17)13-5-3-7-15(9-13)18-14-6-2-4-12(8-14)10-16/h2-9,11H,17H2,1H3. The third kappa shape index (κ3) is 2.88. The fourth-order valence-corrected chi connectivity index (χ4v) is 1.63. The van der Waals surface area contributed by atoms with Crippen LogP contribution in [0.2, 0.25) is 0 Å². The minimum atomic E-state index is -0.0287. The summed E-state index contributed by atoms with van der Waals surface area (Å²) >= 11 is 0. The quantitative estimate of drug-likeness (QED) is 0.891. The van der Waals surface area contributed by atoms with Gasteiger partial charge in [-0.1, -0.05) is 18.2 Å². The van der Waals surface area contributed by atoms with E-state index in [-0.39, 0.29) is 6.04 Å². The number of ether oxygens (including phenoxy) is 1. The Morgan fingerprint density at radius 2 is 1.78 bits per heavy atom. The van der Waals surface area contributed by atoms with E-state index in [1.54, 1.807) is 18.2 Å². The zero-order valence-corrected chi connectivity index (χ0v) is 10.1. The van der Waals surface area contributed by atoms with Crippen LogP contribution >= 0.6 is 0 Å². The average molecular weight is 238 g/mol. The van der Waals surface area contributed by atoms with Crippen LogP contribution < -0.4 is 10.5 Å². The lowest BCUT2D eigenvalue weighted by Crippen LogP contribution is -2.04. The number of benzene rings is 2. The monoisotopic (exact) mass is 238 g/mol. The van der Waals surface area contributed by atoms with E-state index in [1.165, 1.54) is 0 Å². The van der Waals surface area contributed by atoms with Crippen LogP contribution in [-0.4, -0.2) is 0 Å². The molecule has 0 spiro atoms. The molecule has 0 heterocycles. The maximum absolute atomic E-state index is 8.82. The number of rotatable bonds is 3. The molecule has 0 aliphatic rings. The topological polar surface area (TPSA) is 59.0 Å². The molecule has 3 heteroatoms. The number of nitriles is 1. The molecule has 0 saturated heterocycles. The Balaban J connectivity index is 2.23. The molecule has 0 amide bonds. The minimum absolute atomic E-state index is 0.0287. The van der Waals surface area contributed by atoms with Crippen LogP contribution in [0.5, 0.6) is 11.5 Å². The Bertz CT molecular complexity index is 585. The Labute approximate surface area is 106 Å². The van der Waals surface area contributed by atoms with E-state index in [2.05, 4.69) is 6.07 Å². The molecule has 0 aliphatic heterocycles. The molecular weight excluding hydrogens is 224 g/mol. The smallest absolute Gasteiger partial charge is 0.128 e. The van der Waals surface area contributed by atoms with Crippen molar-refractivity contribution in [3.05, 3.63) is 59.7 Å². The highest BCUT2D eigenvalue weighted by molar-refractivity contribution is 5.40. The third-order valence-corrected chi connectivity index (χ3v) is 2.58. The van der Waals surface area contributed by atoms with Crippen molar-refractivity contribution in [3.63, 3.8) is 0 Å². The Kier molecular flexibility index (Phi) is 3.61. The maximum atomic E-state index is 8.82. The molecule has 0 aromatic heterocycles. The Morgan fingerprint density at radius 3 is 2.44 bits per heavy atom. The van der Waals surface area contributed by atoms with Crippen molar-refractivity contribution >= 4 is 0 Å². The summed E-state index contributed by atoms with van der Waals surface area (Å²) < 4.78 is 5.70. The van der Waals surface area contributed by atoms with Gasteiger partial charge in [-0.2, -0.15) is 5.26 Å². The van der Waals surface area contributed by atoms with Crippen molar-refractivity contribution in [3.8, 4) is 17.6 Å². The van der Waals surface area contributed by atoms with E-state index in [4.69, 9.17) is 15.7 Å². The van der Waals surface area contributed by atoms with Crippen LogP contribution in [0.1, 0.15) is 24.1 Å². The van der Waals surface area contributed by atoms with Gasteiger partial charge in [-0.25, -0.2) is 0 Å². The summed E-state index contributed by atoms with van der Waals surface area (Å²) in [5.74, 6) is 1.37. The first-order valence-electron chi connectivity index (χ1n) is 5.72. The molecule has 1 unspecified atom stereocenters. The van der Waals surface area contributed by atoms with Gasteiger partial charge in [0, 0.05) is 6.04 Å². The van der Waals surface area contributed by atoms with Gasteiger partial charge in [0.2, 0.25) is 0 Å². The predicted octanol–water partition coefficient (Wildman–Crippen LogP) is 3.37. The van der Waals surface area contributed by atoms with Crippen molar-refractivity contribution in [1.82, 2.24) is 0 Å². The number of hydrogen-bond acceptors (Lipinski definition) is 3. The van der Waals surface area contributed by atoms with E-state index < -0.39 is 0 Å². The van der Waals surface area contributed by atoms with Crippen LogP contribution in [0.3, 0.4) is 0 Å². The van der Waals surface area contributed by atoms with Crippen molar-refractivity contribution in [2.24, 2.45) is 5.73 Å². The van der Waals surface area contributed by atoms with Gasteiger partial charge in [0.15, 0.2) is 0 Å². The fraction of sp³-hybridized carbons (Fsp3) is 0.133. The molecule has 0 aliphatic carbocycles. The fourth-order valence-electron chi connectivity index (χ4n) is 1.63. The summed E-state index contributed by atoms with van der Waals surface area (Å²) in [5.41, 5.74) is 7.42. The second-order valence-electron chi connectivity index (χ2n) is 4.10. The van der Waals surface area contributed by atoms with Crippen molar-refractivity contribution in [2.75, 3.05) is 0 Å². The molecule has 18 heavy (non-hydrogen) atoms. The normalized spacial score (nSPS) is 11.6. The number of nitrogens with zero attached hydrogens (tertiary/aromatic N) is 1. The summed E-state index contributed by atoms with van der Waals surface area (Å²) in [4.78, 5) is 0. The summed E-state index contributed by atoms with van der Waals surface area (Å²) in [6.07, 6.45) is 0. The van der Waals surface area contributed by atoms with E-state index >= 15 is 0 Å². The van der Waals surface area contributed by atoms with Gasteiger partial charge in [-0.15, -0.1) is 0 Å². The first kappa shape index (κ1) is 12.2. The molecule has 0 saturated carbocycles.